The van der Waals surface area contributed by atoms with Gasteiger partial charge in [0.2, 0.25) is 11.8 Å². The molecule has 0 saturated carbocycles. The maximum Gasteiger partial charge on any atom is 0.407 e. The Bertz CT molecular complexity index is 1300. The zero-order valence-corrected chi connectivity index (χ0v) is 27.9. The molecule has 1 heterocycles. The highest BCUT2D eigenvalue weighted by molar-refractivity contribution is 5.86. The van der Waals surface area contributed by atoms with Crippen LogP contribution in [0.3, 0.4) is 0 Å². The summed E-state index contributed by atoms with van der Waals surface area (Å²) in [5.41, 5.74) is 1.91. The number of allylic oxidation sites excluding steroid dienone is 2. The molecular weight excluding hydrogens is 610 g/mol. The van der Waals surface area contributed by atoms with Crippen LogP contribution in [0.15, 0.2) is 86.0 Å². The summed E-state index contributed by atoms with van der Waals surface area (Å²) in [7, 11) is 0. The summed E-state index contributed by atoms with van der Waals surface area (Å²) in [4.78, 5) is 53.6. The van der Waals surface area contributed by atoms with Gasteiger partial charge in [-0.05, 0) is 62.5 Å². The minimum absolute atomic E-state index is 0.00560. The van der Waals surface area contributed by atoms with Crippen LogP contribution in [0.1, 0.15) is 62.5 Å². The molecule has 2 aromatic carbocycles. The smallest absolute Gasteiger partial charge is 0.407 e. The number of rotatable bonds is 21. The van der Waals surface area contributed by atoms with E-state index in [2.05, 4.69) is 23.8 Å². The van der Waals surface area contributed by atoms with Crippen molar-refractivity contribution in [3.63, 3.8) is 0 Å². The standard InChI is InChI=1S/C38H51N3O7/c1-3-14-31(25-35(43)41-23-13-21-34(41)26-42)36(44)40-33(20-11-12-22-39-38(46)48-27-30-18-9-6-10-19-30)28-47-37(45)32(15-4-2)24-29-16-7-5-8-17-29/h3-10,16-19,31-34,42H,1-2,11-15,20-28H2,(H,39,46)(H,40,44)/t31-,32+,33+,34+/m1/s1. The van der Waals surface area contributed by atoms with E-state index in [0.717, 1.165) is 24.0 Å². The summed E-state index contributed by atoms with van der Waals surface area (Å²) in [5, 5.41) is 15.4. The lowest BCUT2D eigenvalue weighted by molar-refractivity contribution is -0.150. The predicted octanol–water partition coefficient (Wildman–Crippen LogP) is 5.11. The quantitative estimate of drug-likeness (QED) is 0.0962. The number of aliphatic hydroxyl groups excluding tert-OH is 1. The fraction of sp³-hybridized carbons (Fsp3) is 0.474. The first-order chi connectivity index (χ1) is 23.3. The van der Waals surface area contributed by atoms with Crippen LogP contribution >= 0.6 is 0 Å². The molecule has 3 N–H and O–H groups in total. The molecule has 1 fully saturated rings. The molecular formula is C38H51N3O7. The molecule has 3 rings (SSSR count). The summed E-state index contributed by atoms with van der Waals surface area (Å²) in [6.07, 6.45) is 7.33. The topological polar surface area (TPSA) is 134 Å². The number of carbonyl (C=O) groups is 4. The number of carbonyl (C=O) groups excluding carboxylic acids is 4. The van der Waals surface area contributed by atoms with Crippen molar-refractivity contribution in [2.45, 2.75) is 76.5 Å². The molecule has 10 nitrogen and oxygen atoms in total. The number of hydrogen-bond acceptors (Lipinski definition) is 7. The minimum Gasteiger partial charge on any atom is -0.463 e. The molecule has 0 spiro atoms. The van der Waals surface area contributed by atoms with Crippen LogP contribution in [0, 0.1) is 11.8 Å². The average Bonchev–Trinajstić information content (AvgIpc) is 3.59. The molecule has 2 aromatic rings. The van der Waals surface area contributed by atoms with Gasteiger partial charge >= 0.3 is 12.1 Å². The summed E-state index contributed by atoms with van der Waals surface area (Å²) < 4.78 is 11.0. The van der Waals surface area contributed by atoms with E-state index in [-0.39, 0.29) is 50.1 Å². The number of aliphatic hydroxyl groups is 1. The molecule has 10 heteroatoms. The van der Waals surface area contributed by atoms with Crippen molar-refractivity contribution in [3.8, 4) is 0 Å². The lowest BCUT2D eigenvalue weighted by Crippen LogP contribution is -2.44. The molecule has 0 radical (unpaired) electrons. The second kappa shape index (κ2) is 21.4. The maximum atomic E-state index is 13.5. The first-order valence-corrected chi connectivity index (χ1v) is 16.9. The van der Waals surface area contributed by atoms with Gasteiger partial charge in [0, 0.05) is 19.5 Å². The third-order valence-electron chi connectivity index (χ3n) is 8.50. The lowest BCUT2D eigenvalue weighted by atomic mass is 9.96. The molecule has 1 aliphatic heterocycles. The summed E-state index contributed by atoms with van der Waals surface area (Å²) in [6, 6.07) is 18.4. The number of nitrogens with zero attached hydrogens (tertiary/aromatic N) is 1. The van der Waals surface area contributed by atoms with E-state index < -0.39 is 24.0 Å². The van der Waals surface area contributed by atoms with Gasteiger partial charge in [0.05, 0.1) is 30.5 Å². The predicted molar refractivity (Wildman–Crippen MR) is 185 cm³/mol. The van der Waals surface area contributed by atoms with Crippen LogP contribution in [-0.4, -0.2) is 72.3 Å². The van der Waals surface area contributed by atoms with Gasteiger partial charge in [-0.2, -0.15) is 0 Å². The van der Waals surface area contributed by atoms with Crippen molar-refractivity contribution in [1.29, 1.82) is 0 Å². The molecule has 260 valence electrons. The van der Waals surface area contributed by atoms with Crippen molar-refractivity contribution < 1.29 is 33.8 Å². The Kier molecular flexibility index (Phi) is 17.0. The monoisotopic (exact) mass is 661 g/mol. The summed E-state index contributed by atoms with van der Waals surface area (Å²) in [6.45, 7) is 8.55. The van der Waals surface area contributed by atoms with E-state index in [4.69, 9.17) is 9.47 Å². The Labute approximate surface area is 284 Å². The fourth-order valence-electron chi connectivity index (χ4n) is 5.83. The summed E-state index contributed by atoms with van der Waals surface area (Å²) >= 11 is 0. The number of esters is 1. The highest BCUT2D eigenvalue weighted by atomic mass is 16.5. The number of unbranched alkanes of at least 4 members (excludes halogenated alkanes) is 1. The second-order valence-electron chi connectivity index (χ2n) is 12.2. The van der Waals surface area contributed by atoms with Crippen molar-refractivity contribution in [1.82, 2.24) is 15.5 Å². The van der Waals surface area contributed by atoms with Gasteiger partial charge in [-0.25, -0.2) is 4.79 Å². The Hall–Kier alpha value is -4.44. The first kappa shape index (κ1) is 38.0. The van der Waals surface area contributed by atoms with Gasteiger partial charge in [-0.1, -0.05) is 72.8 Å². The molecule has 0 unspecified atom stereocenters. The zero-order chi connectivity index (χ0) is 34.6. The number of alkyl carbamates (subject to hydrolysis) is 1. The van der Waals surface area contributed by atoms with Crippen LogP contribution < -0.4 is 10.6 Å². The summed E-state index contributed by atoms with van der Waals surface area (Å²) in [5.74, 6) is -1.93. The van der Waals surface area contributed by atoms with Gasteiger partial charge in [-0.3, -0.25) is 14.4 Å². The number of benzene rings is 2. The number of ether oxygens (including phenoxy) is 2. The minimum atomic E-state index is -0.652. The number of amides is 3. The Morgan fingerprint density at radius 1 is 0.917 bits per heavy atom. The van der Waals surface area contributed by atoms with Crippen molar-refractivity contribution in [2.24, 2.45) is 11.8 Å². The van der Waals surface area contributed by atoms with E-state index in [9.17, 15) is 24.3 Å². The van der Waals surface area contributed by atoms with E-state index in [1.54, 1.807) is 17.1 Å². The highest BCUT2D eigenvalue weighted by Crippen LogP contribution is 2.21. The van der Waals surface area contributed by atoms with E-state index in [1.807, 2.05) is 60.7 Å². The Morgan fingerprint density at radius 3 is 2.25 bits per heavy atom. The van der Waals surface area contributed by atoms with Crippen molar-refractivity contribution in [2.75, 3.05) is 26.3 Å². The van der Waals surface area contributed by atoms with Crippen molar-refractivity contribution >= 4 is 23.9 Å². The molecule has 0 bridgehead atoms. The van der Waals surface area contributed by atoms with Crippen LogP contribution in [0.4, 0.5) is 4.79 Å². The second-order valence-corrected chi connectivity index (χ2v) is 12.2. The molecule has 0 aliphatic carbocycles. The third kappa shape index (κ3) is 13.4. The molecule has 48 heavy (non-hydrogen) atoms. The average molecular weight is 662 g/mol. The van der Waals surface area contributed by atoms with Gasteiger partial charge in [-0.15, -0.1) is 13.2 Å². The number of nitrogens with one attached hydrogen (secondary N) is 2. The normalized spacial score (nSPS) is 15.9. The van der Waals surface area contributed by atoms with Gasteiger partial charge < -0.3 is 30.1 Å². The molecule has 3 amide bonds. The molecule has 1 saturated heterocycles. The Morgan fingerprint density at radius 2 is 1.58 bits per heavy atom. The number of likely N-dealkylation sites (tertiary alicyclic amines) is 1. The van der Waals surface area contributed by atoms with Crippen LogP contribution in [0.25, 0.3) is 0 Å². The Balaban J connectivity index is 1.58. The first-order valence-electron chi connectivity index (χ1n) is 16.9. The van der Waals surface area contributed by atoms with Gasteiger partial charge in [0.15, 0.2) is 0 Å². The largest absolute Gasteiger partial charge is 0.463 e. The van der Waals surface area contributed by atoms with E-state index in [1.165, 1.54) is 0 Å². The zero-order valence-electron chi connectivity index (χ0n) is 27.9. The van der Waals surface area contributed by atoms with Crippen LogP contribution in [0.2, 0.25) is 0 Å². The lowest BCUT2D eigenvalue weighted by Gasteiger charge is -2.26. The fourth-order valence-corrected chi connectivity index (χ4v) is 5.83. The molecule has 1 aliphatic rings. The van der Waals surface area contributed by atoms with Gasteiger partial charge in [0.25, 0.3) is 0 Å². The highest BCUT2D eigenvalue weighted by Gasteiger charge is 2.32. The van der Waals surface area contributed by atoms with Crippen LogP contribution in [-0.2, 0) is 36.9 Å². The SMILES string of the molecule is C=CC[C@H](CC(=O)N1CCC[C@H]1CO)C(=O)N[C@@H](CCCCNC(=O)OCc1ccccc1)COC(=O)[C@@H](CC=C)Cc1ccccc1. The van der Waals surface area contributed by atoms with Crippen molar-refractivity contribution in [3.05, 3.63) is 97.1 Å². The maximum absolute atomic E-state index is 13.5. The third-order valence-corrected chi connectivity index (χ3v) is 8.50. The van der Waals surface area contributed by atoms with E-state index in [0.29, 0.717) is 51.6 Å². The molecule has 0 aromatic heterocycles. The van der Waals surface area contributed by atoms with Crippen LogP contribution in [0.5, 0.6) is 0 Å². The van der Waals surface area contributed by atoms with Gasteiger partial charge in [0.1, 0.15) is 13.2 Å². The number of hydrogen-bond donors (Lipinski definition) is 3. The van der Waals surface area contributed by atoms with E-state index >= 15 is 0 Å². The molecule has 4 atom stereocenters.